The lowest BCUT2D eigenvalue weighted by Crippen LogP contribution is -2.47. The Morgan fingerprint density at radius 2 is 1.95 bits per heavy atom. The summed E-state index contributed by atoms with van der Waals surface area (Å²) >= 11 is 0. The zero-order chi connectivity index (χ0) is 14.8. The summed E-state index contributed by atoms with van der Waals surface area (Å²) < 4.78 is 0. The van der Waals surface area contributed by atoms with Crippen LogP contribution >= 0.6 is 0 Å². The smallest absolute Gasteiger partial charge is 0.219 e. The molecule has 1 aromatic rings. The Bertz CT molecular complexity index is 502. The number of amides is 1. The van der Waals surface area contributed by atoms with Crippen LogP contribution in [0.2, 0.25) is 0 Å². The Kier molecular flexibility index (Phi) is 4.19. The Hall–Kier alpha value is -1.49. The molecule has 0 bridgehead atoms. The average molecular weight is 288 g/mol. The van der Waals surface area contributed by atoms with Crippen LogP contribution in [0.4, 0.5) is 0 Å². The Balaban J connectivity index is 1.70. The van der Waals surface area contributed by atoms with Crippen LogP contribution in [0, 0.1) is 6.92 Å². The predicted molar refractivity (Wildman–Crippen MR) is 80.6 cm³/mol. The van der Waals surface area contributed by atoms with Crippen molar-refractivity contribution in [2.45, 2.75) is 58.2 Å². The normalized spacial score (nSPS) is 26.5. The van der Waals surface area contributed by atoms with Crippen LogP contribution in [0.15, 0.2) is 12.4 Å². The number of carbonyl (C=O) groups excluding carboxylic acids is 1. The minimum Gasteiger partial charge on any atom is -0.338 e. The van der Waals surface area contributed by atoms with E-state index in [9.17, 15) is 4.79 Å². The van der Waals surface area contributed by atoms with Gasteiger partial charge in [0.25, 0.3) is 0 Å². The van der Waals surface area contributed by atoms with E-state index in [1.54, 1.807) is 6.92 Å². The molecule has 1 amide bonds. The van der Waals surface area contributed by atoms with Gasteiger partial charge in [-0.05, 0) is 39.2 Å². The maximum Gasteiger partial charge on any atom is 0.219 e. The molecule has 3 heterocycles. The number of nitrogens with zero attached hydrogens (tertiary/aromatic N) is 4. The summed E-state index contributed by atoms with van der Waals surface area (Å²) in [5, 5.41) is 0. The minimum absolute atomic E-state index is 0.222. The fourth-order valence-electron chi connectivity index (χ4n) is 3.78. The lowest BCUT2D eigenvalue weighted by molar-refractivity contribution is -0.130. The van der Waals surface area contributed by atoms with Crippen molar-refractivity contribution in [1.29, 1.82) is 0 Å². The molecule has 3 rings (SSSR count). The first-order valence-electron chi connectivity index (χ1n) is 7.94. The number of carbonyl (C=O) groups is 1. The van der Waals surface area contributed by atoms with E-state index in [1.165, 1.54) is 12.8 Å². The van der Waals surface area contributed by atoms with E-state index in [2.05, 4.69) is 19.8 Å². The zero-order valence-corrected chi connectivity index (χ0v) is 13.0. The fourth-order valence-corrected chi connectivity index (χ4v) is 3.78. The van der Waals surface area contributed by atoms with Gasteiger partial charge in [-0.1, -0.05) is 0 Å². The standard InChI is InChI=1S/C16H24N4O/c1-12-9-18-14(10-17-12)11-19-7-3-5-15(19)16-6-4-8-20(16)13(2)21/h9-10,15-16H,3-8,11H2,1-2H3. The van der Waals surface area contributed by atoms with Crippen molar-refractivity contribution >= 4 is 5.91 Å². The van der Waals surface area contributed by atoms with Gasteiger partial charge in [-0.25, -0.2) is 0 Å². The van der Waals surface area contributed by atoms with Gasteiger partial charge in [0, 0.05) is 44.5 Å². The van der Waals surface area contributed by atoms with E-state index in [4.69, 9.17) is 0 Å². The minimum atomic E-state index is 0.222. The Morgan fingerprint density at radius 3 is 2.67 bits per heavy atom. The summed E-state index contributed by atoms with van der Waals surface area (Å²) in [6.07, 6.45) is 8.39. The molecule has 2 saturated heterocycles. The second-order valence-electron chi connectivity index (χ2n) is 6.25. The quantitative estimate of drug-likeness (QED) is 0.850. The highest BCUT2D eigenvalue weighted by Gasteiger charge is 2.38. The Morgan fingerprint density at radius 1 is 1.19 bits per heavy atom. The number of hydrogen-bond acceptors (Lipinski definition) is 4. The third-order valence-corrected chi connectivity index (χ3v) is 4.76. The van der Waals surface area contributed by atoms with Crippen LogP contribution in [-0.4, -0.2) is 50.8 Å². The number of rotatable bonds is 3. The third-order valence-electron chi connectivity index (χ3n) is 4.76. The second kappa shape index (κ2) is 6.10. The highest BCUT2D eigenvalue weighted by molar-refractivity contribution is 5.74. The largest absolute Gasteiger partial charge is 0.338 e. The van der Waals surface area contributed by atoms with Crippen molar-refractivity contribution in [1.82, 2.24) is 19.8 Å². The molecule has 2 aliphatic rings. The molecule has 0 N–H and O–H groups in total. The molecule has 2 unspecified atom stereocenters. The third kappa shape index (κ3) is 3.07. The first-order valence-corrected chi connectivity index (χ1v) is 7.94. The van der Waals surface area contributed by atoms with Gasteiger partial charge in [0.2, 0.25) is 5.91 Å². The topological polar surface area (TPSA) is 49.3 Å². The summed E-state index contributed by atoms with van der Waals surface area (Å²) in [6.45, 7) is 6.53. The molecule has 0 spiro atoms. The SMILES string of the molecule is CC(=O)N1CCCC1C1CCCN1Cc1cnc(C)cn1. The molecule has 1 aromatic heterocycles. The van der Waals surface area contributed by atoms with Crippen molar-refractivity contribution in [2.75, 3.05) is 13.1 Å². The van der Waals surface area contributed by atoms with Crippen LogP contribution in [0.1, 0.15) is 44.0 Å². The molecule has 2 aliphatic heterocycles. The van der Waals surface area contributed by atoms with Crippen molar-refractivity contribution in [3.8, 4) is 0 Å². The zero-order valence-electron chi connectivity index (χ0n) is 13.0. The molecular formula is C16H24N4O. The van der Waals surface area contributed by atoms with Gasteiger partial charge < -0.3 is 4.90 Å². The molecule has 0 aromatic carbocycles. The first-order chi connectivity index (χ1) is 10.1. The highest BCUT2D eigenvalue weighted by Crippen LogP contribution is 2.30. The van der Waals surface area contributed by atoms with E-state index in [0.29, 0.717) is 12.1 Å². The average Bonchev–Trinajstić information content (AvgIpc) is 3.09. The molecule has 2 atom stereocenters. The second-order valence-corrected chi connectivity index (χ2v) is 6.25. The lowest BCUT2D eigenvalue weighted by Gasteiger charge is -2.34. The maximum absolute atomic E-state index is 11.8. The molecule has 2 fully saturated rings. The van der Waals surface area contributed by atoms with Gasteiger partial charge in [-0.15, -0.1) is 0 Å². The van der Waals surface area contributed by atoms with E-state index in [-0.39, 0.29) is 5.91 Å². The first kappa shape index (κ1) is 14.4. The summed E-state index contributed by atoms with van der Waals surface area (Å²) in [6, 6.07) is 0.878. The lowest BCUT2D eigenvalue weighted by atomic mass is 10.0. The van der Waals surface area contributed by atoms with Crippen molar-refractivity contribution in [3.05, 3.63) is 23.8 Å². The van der Waals surface area contributed by atoms with E-state index in [0.717, 1.165) is 43.9 Å². The van der Waals surface area contributed by atoms with Crippen molar-refractivity contribution < 1.29 is 4.79 Å². The van der Waals surface area contributed by atoms with Crippen LogP contribution in [-0.2, 0) is 11.3 Å². The number of aryl methyl sites for hydroxylation is 1. The van der Waals surface area contributed by atoms with Crippen LogP contribution in [0.5, 0.6) is 0 Å². The molecule has 5 heteroatoms. The summed E-state index contributed by atoms with van der Waals surface area (Å²) in [7, 11) is 0. The molecule has 114 valence electrons. The molecule has 5 nitrogen and oxygen atoms in total. The summed E-state index contributed by atoms with van der Waals surface area (Å²) in [5.74, 6) is 0.222. The van der Waals surface area contributed by atoms with Gasteiger partial charge >= 0.3 is 0 Å². The molecule has 21 heavy (non-hydrogen) atoms. The fraction of sp³-hybridized carbons (Fsp3) is 0.688. The van der Waals surface area contributed by atoms with E-state index >= 15 is 0 Å². The number of likely N-dealkylation sites (tertiary alicyclic amines) is 2. The molecular weight excluding hydrogens is 264 g/mol. The van der Waals surface area contributed by atoms with Gasteiger partial charge in [0.05, 0.1) is 11.4 Å². The van der Waals surface area contributed by atoms with Crippen molar-refractivity contribution in [3.63, 3.8) is 0 Å². The predicted octanol–water partition coefficient (Wildman–Crippen LogP) is 1.76. The molecule has 0 aliphatic carbocycles. The van der Waals surface area contributed by atoms with E-state index in [1.807, 2.05) is 19.3 Å². The van der Waals surface area contributed by atoms with Gasteiger partial charge in [-0.3, -0.25) is 19.7 Å². The highest BCUT2D eigenvalue weighted by atomic mass is 16.2. The number of aromatic nitrogens is 2. The van der Waals surface area contributed by atoms with Crippen LogP contribution in [0.25, 0.3) is 0 Å². The van der Waals surface area contributed by atoms with E-state index < -0.39 is 0 Å². The molecule has 0 saturated carbocycles. The summed E-state index contributed by atoms with van der Waals surface area (Å²) in [5.41, 5.74) is 1.98. The van der Waals surface area contributed by atoms with Crippen LogP contribution in [0.3, 0.4) is 0 Å². The van der Waals surface area contributed by atoms with Gasteiger partial charge in [0.15, 0.2) is 0 Å². The summed E-state index contributed by atoms with van der Waals surface area (Å²) in [4.78, 5) is 25.2. The molecule has 0 radical (unpaired) electrons. The van der Waals surface area contributed by atoms with Crippen molar-refractivity contribution in [2.24, 2.45) is 0 Å². The van der Waals surface area contributed by atoms with Gasteiger partial charge in [0.1, 0.15) is 0 Å². The number of hydrogen-bond donors (Lipinski definition) is 0. The van der Waals surface area contributed by atoms with Gasteiger partial charge in [-0.2, -0.15) is 0 Å². The Labute approximate surface area is 126 Å². The monoisotopic (exact) mass is 288 g/mol. The maximum atomic E-state index is 11.8. The van der Waals surface area contributed by atoms with Crippen LogP contribution < -0.4 is 0 Å².